The molecule has 0 aromatic rings. The maximum Gasteiger partial charge on any atom is 0.306 e. The van der Waals surface area contributed by atoms with Crippen LogP contribution in [0.2, 0.25) is 0 Å². The molecule has 0 bridgehead atoms. The maximum atomic E-state index is 11.3. The molecule has 0 saturated carbocycles. The third-order valence-corrected chi connectivity index (χ3v) is 3.29. The lowest BCUT2D eigenvalue weighted by molar-refractivity contribution is -0.141. The first-order chi connectivity index (χ1) is 9.40. The molecule has 1 aliphatic rings. The van der Waals surface area contributed by atoms with Gasteiger partial charge in [0.05, 0.1) is 31.8 Å². The summed E-state index contributed by atoms with van der Waals surface area (Å²) < 4.78 is 16.1. The number of nitrogens with zero attached hydrogens (tertiary/aromatic N) is 1. The summed E-state index contributed by atoms with van der Waals surface area (Å²) in [6, 6.07) is 0. The van der Waals surface area contributed by atoms with Crippen LogP contribution in [0.15, 0.2) is 0 Å². The standard InChI is InChI=1S/C15H29NO4/c1-15(2,3)20-11-9-16(8-7-14(17)18-4)12-13-6-5-10-19-13/h13H,5-12H2,1-4H3. The number of ether oxygens (including phenoxy) is 3. The van der Waals surface area contributed by atoms with Gasteiger partial charge in [0, 0.05) is 26.2 Å². The van der Waals surface area contributed by atoms with Crippen molar-refractivity contribution >= 4 is 5.97 Å². The van der Waals surface area contributed by atoms with Crippen molar-refractivity contribution in [2.75, 3.05) is 40.0 Å². The first-order valence-corrected chi connectivity index (χ1v) is 7.45. The molecule has 1 heterocycles. The molecule has 0 radical (unpaired) electrons. The molecule has 1 saturated heterocycles. The zero-order valence-electron chi connectivity index (χ0n) is 13.3. The van der Waals surface area contributed by atoms with E-state index < -0.39 is 0 Å². The molecule has 0 aliphatic carbocycles. The molecule has 5 nitrogen and oxygen atoms in total. The van der Waals surface area contributed by atoms with Crippen molar-refractivity contribution in [1.29, 1.82) is 0 Å². The second kappa shape index (κ2) is 8.60. The Labute approximate surface area is 122 Å². The molecule has 5 heteroatoms. The number of carbonyl (C=O) groups excluding carboxylic acids is 1. The molecule has 20 heavy (non-hydrogen) atoms. The van der Waals surface area contributed by atoms with Crippen molar-refractivity contribution in [3.63, 3.8) is 0 Å². The van der Waals surface area contributed by atoms with E-state index in [1.54, 1.807) is 0 Å². The average Bonchev–Trinajstić information content (AvgIpc) is 2.86. The van der Waals surface area contributed by atoms with Crippen molar-refractivity contribution in [3.05, 3.63) is 0 Å². The molecule has 0 aromatic carbocycles. The first kappa shape index (κ1) is 17.4. The van der Waals surface area contributed by atoms with E-state index in [4.69, 9.17) is 14.2 Å². The topological polar surface area (TPSA) is 48.0 Å². The summed E-state index contributed by atoms with van der Waals surface area (Å²) in [5.74, 6) is -0.168. The summed E-state index contributed by atoms with van der Waals surface area (Å²) in [5.41, 5.74) is -0.127. The minimum atomic E-state index is -0.168. The van der Waals surface area contributed by atoms with Crippen molar-refractivity contribution < 1.29 is 19.0 Å². The summed E-state index contributed by atoms with van der Waals surface area (Å²) in [5, 5.41) is 0. The summed E-state index contributed by atoms with van der Waals surface area (Å²) in [4.78, 5) is 13.5. The third-order valence-electron chi connectivity index (χ3n) is 3.29. The molecule has 1 aliphatic heterocycles. The van der Waals surface area contributed by atoms with Gasteiger partial charge in [0.15, 0.2) is 0 Å². The van der Waals surface area contributed by atoms with E-state index in [-0.39, 0.29) is 11.6 Å². The molecule has 0 spiro atoms. The fourth-order valence-electron chi connectivity index (χ4n) is 2.20. The Morgan fingerprint density at radius 3 is 2.65 bits per heavy atom. The van der Waals surface area contributed by atoms with E-state index in [1.165, 1.54) is 7.11 Å². The molecule has 0 amide bonds. The van der Waals surface area contributed by atoms with Crippen LogP contribution in [0.1, 0.15) is 40.0 Å². The largest absolute Gasteiger partial charge is 0.469 e. The Morgan fingerprint density at radius 2 is 2.10 bits per heavy atom. The highest BCUT2D eigenvalue weighted by Gasteiger charge is 2.20. The van der Waals surface area contributed by atoms with Gasteiger partial charge < -0.3 is 14.2 Å². The molecule has 1 rings (SSSR count). The third kappa shape index (κ3) is 7.82. The monoisotopic (exact) mass is 287 g/mol. The van der Waals surface area contributed by atoms with E-state index in [0.29, 0.717) is 25.7 Å². The Bertz CT molecular complexity index is 282. The van der Waals surface area contributed by atoms with Gasteiger partial charge in [-0.15, -0.1) is 0 Å². The molecule has 1 fully saturated rings. The van der Waals surface area contributed by atoms with Gasteiger partial charge in [-0.1, -0.05) is 0 Å². The van der Waals surface area contributed by atoms with Gasteiger partial charge >= 0.3 is 5.97 Å². The summed E-state index contributed by atoms with van der Waals surface area (Å²) in [7, 11) is 1.43. The van der Waals surface area contributed by atoms with Crippen LogP contribution >= 0.6 is 0 Å². The van der Waals surface area contributed by atoms with Gasteiger partial charge in [0.25, 0.3) is 0 Å². The number of rotatable bonds is 8. The van der Waals surface area contributed by atoms with Gasteiger partial charge in [-0.25, -0.2) is 0 Å². The Hall–Kier alpha value is -0.650. The van der Waals surface area contributed by atoms with Crippen LogP contribution < -0.4 is 0 Å². The zero-order valence-corrected chi connectivity index (χ0v) is 13.3. The number of hydrogen-bond donors (Lipinski definition) is 0. The molecule has 0 N–H and O–H groups in total. The molecular formula is C15H29NO4. The molecule has 1 atom stereocenters. The number of carbonyl (C=O) groups is 1. The molecular weight excluding hydrogens is 258 g/mol. The quantitative estimate of drug-likeness (QED) is 0.638. The number of methoxy groups -OCH3 is 1. The van der Waals surface area contributed by atoms with Crippen molar-refractivity contribution in [2.24, 2.45) is 0 Å². The van der Waals surface area contributed by atoms with E-state index >= 15 is 0 Å². The van der Waals surface area contributed by atoms with E-state index in [9.17, 15) is 4.79 Å². The molecule has 0 aromatic heterocycles. The minimum absolute atomic E-state index is 0.127. The lowest BCUT2D eigenvalue weighted by atomic mass is 10.2. The highest BCUT2D eigenvalue weighted by molar-refractivity contribution is 5.69. The highest BCUT2D eigenvalue weighted by Crippen LogP contribution is 2.14. The van der Waals surface area contributed by atoms with E-state index in [2.05, 4.69) is 4.90 Å². The molecule has 118 valence electrons. The summed E-state index contributed by atoms with van der Waals surface area (Å²) in [6.45, 7) is 10.0. The fourth-order valence-corrected chi connectivity index (χ4v) is 2.20. The van der Waals surface area contributed by atoms with Gasteiger partial charge in [-0.05, 0) is 33.6 Å². The van der Waals surface area contributed by atoms with Crippen LogP contribution in [0.5, 0.6) is 0 Å². The van der Waals surface area contributed by atoms with Crippen LogP contribution in [-0.4, -0.2) is 62.5 Å². The predicted octanol–water partition coefficient (Wildman–Crippen LogP) is 1.85. The average molecular weight is 287 g/mol. The van der Waals surface area contributed by atoms with Crippen LogP contribution in [-0.2, 0) is 19.0 Å². The van der Waals surface area contributed by atoms with Crippen LogP contribution in [0.3, 0.4) is 0 Å². The Kier molecular flexibility index (Phi) is 7.48. The Balaban J connectivity index is 2.34. The highest BCUT2D eigenvalue weighted by atomic mass is 16.5. The van der Waals surface area contributed by atoms with Crippen LogP contribution in [0, 0.1) is 0 Å². The van der Waals surface area contributed by atoms with Crippen LogP contribution in [0.25, 0.3) is 0 Å². The maximum absolute atomic E-state index is 11.3. The lowest BCUT2D eigenvalue weighted by Gasteiger charge is -2.27. The minimum Gasteiger partial charge on any atom is -0.469 e. The van der Waals surface area contributed by atoms with Crippen molar-refractivity contribution in [3.8, 4) is 0 Å². The normalized spacial score (nSPS) is 19.6. The lowest BCUT2D eigenvalue weighted by Crippen LogP contribution is -2.37. The smallest absolute Gasteiger partial charge is 0.306 e. The second-order valence-electron chi connectivity index (χ2n) is 6.22. The Morgan fingerprint density at radius 1 is 1.35 bits per heavy atom. The van der Waals surface area contributed by atoms with Gasteiger partial charge in [-0.3, -0.25) is 9.69 Å². The summed E-state index contributed by atoms with van der Waals surface area (Å²) >= 11 is 0. The number of hydrogen-bond acceptors (Lipinski definition) is 5. The van der Waals surface area contributed by atoms with Crippen molar-refractivity contribution in [1.82, 2.24) is 4.90 Å². The number of esters is 1. The van der Waals surface area contributed by atoms with Gasteiger partial charge in [0.2, 0.25) is 0 Å². The van der Waals surface area contributed by atoms with Crippen molar-refractivity contribution in [2.45, 2.75) is 51.7 Å². The van der Waals surface area contributed by atoms with Gasteiger partial charge in [-0.2, -0.15) is 0 Å². The molecule has 1 unspecified atom stereocenters. The van der Waals surface area contributed by atoms with E-state index in [1.807, 2.05) is 20.8 Å². The summed E-state index contributed by atoms with van der Waals surface area (Å²) in [6.07, 6.45) is 2.95. The zero-order chi connectivity index (χ0) is 15.0. The fraction of sp³-hybridized carbons (Fsp3) is 0.933. The van der Waals surface area contributed by atoms with E-state index in [0.717, 1.165) is 32.5 Å². The second-order valence-corrected chi connectivity index (χ2v) is 6.22. The first-order valence-electron chi connectivity index (χ1n) is 7.45. The van der Waals surface area contributed by atoms with Crippen LogP contribution in [0.4, 0.5) is 0 Å². The predicted molar refractivity (Wildman–Crippen MR) is 77.8 cm³/mol. The van der Waals surface area contributed by atoms with Gasteiger partial charge in [0.1, 0.15) is 0 Å². The SMILES string of the molecule is COC(=O)CCN(CCOC(C)(C)C)CC1CCCO1.